The molecule has 2 aliphatic rings. The van der Waals surface area contributed by atoms with Crippen molar-refractivity contribution in [3.8, 4) is 0 Å². The van der Waals surface area contributed by atoms with Crippen LogP contribution in [0.2, 0.25) is 0 Å². The van der Waals surface area contributed by atoms with Crippen molar-refractivity contribution in [2.45, 2.75) is 32.7 Å². The number of nitrogens with zero attached hydrogens (tertiary/aromatic N) is 1. The fourth-order valence-electron chi connectivity index (χ4n) is 2.91. The van der Waals surface area contributed by atoms with Gasteiger partial charge in [0.2, 0.25) is 0 Å². The van der Waals surface area contributed by atoms with Gasteiger partial charge in [-0.25, -0.2) is 0 Å². The molecule has 4 heteroatoms. The van der Waals surface area contributed by atoms with Gasteiger partial charge in [-0.15, -0.1) is 11.3 Å². The third-order valence-corrected chi connectivity index (χ3v) is 4.49. The van der Waals surface area contributed by atoms with Gasteiger partial charge in [-0.2, -0.15) is 5.10 Å². The molecule has 0 unspecified atom stereocenters. The van der Waals surface area contributed by atoms with Gasteiger partial charge in [0.1, 0.15) is 5.78 Å². The van der Waals surface area contributed by atoms with Crippen LogP contribution in [0.15, 0.2) is 22.6 Å². The third-order valence-electron chi connectivity index (χ3n) is 3.59. The molecule has 1 fully saturated rings. The lowest BCUT2D eigenvalue weighted by atomic mass is 9.69. The van der Waals surface area contributed by atoms with E-state index in [1.165, 1.54) is 0 Å². The lowest BCUT2D eigenvalue weighted by molar-refractivity contribution is -0.126. The van der Waals surface area contributed by atoms with Gasteiger partial charge in [0.15, 0.2) is 0 Å². The zero-order chi connectivity index (χ0) is 12.0. The summed E-state index contributed by atoms with van der Waals surface area (Å²) in [5, 5.41) is 6.43. The van der Waals surface area contributed by atoms with Gasteiger partial charge >= 0.3 is 0 Å². The Balaban J connectivity index is 1.91. The maximum atomic E-state index is 12.3. The highest BCUT2D eigenvalue weighted by Crippen LogP contribution is 2.39. The van der Waals surface area contributed by atoms with Crippen LogP contribution in [0.4, 0.5) is 0 Å². The van der Waals surface area contributed by atoms with Crippen molar-refractivity contribution in [1.29, 1.82) is 0 Å². The van der Waals surface area contributed by atoms with Crippen LogP contribution in [-0.4, -0.2) is 17.5 Å². The van der Waals surface area contributed by atoms with Crippen molar-refractivity contribution >= 4 is 22.8 Å². The van der Waals surface area contributed by atoms with Crippen LogP contribution >= 0.6 is 11.3 Å². The SMILES string of the molecule is CC1(C)CC(=O)[C@H]2C(c3cccs3)=NN[C@H]2C1. The Morgan fingerprint density at radius 1 is 1.53 bits per heavy atom. The summed E-state index contributed by atoms with van der Waals surface area (Å²) in [6, 6.07) is 4.25. The molecule has 0 spiro atoms. The second-order valence-electron chi connectivity index (χ2n) is 5.70. The maximum Gasteiger partial charge on any atom is 0.144 e. The smallest absolute Gasteiger partial charge is 0.144 e. The molecule has 3 rings (SSSR count). The fourth-order valence-corrected chi connectivity index (χ4v) is 3.66. The minimum absolute atomic E-state index is 0.0262. The number of Topliss-reactive ketones (excluding diaryl/α,β-unsaturated/α-hetero) is 1. The Morgan fingerprint density at radius 3 is 3.06 bits per heavy atom. The molecule has 2 heterocycles. The summed E-state index contributed by atoms with van der Waals surface area (Å²) < 4.78 is 0. The van der Waals surface area contributed by atoms with Crippen LogP contribution in [0.1, 0.15) is 31.6 Å². The lowest BCUT2D eigenvalue weighted by Gasteiger charge is -2.36. The molecule has 2 atom stereocenters. The molecule has 0 saturated heterocycles. The van der Waals surface area contributed by atoms with E-state index in [2.05, 4.69) is 24.4 Å². The lowest BCUT2D eigenvalue weighted by Crippen LogP contribution is -2.45. The van der Waals surface area contributed by atoms with Gasteiger partial charge in [-0.05, 0) is 23.3 Å². The van der Waals surface area contributed by atoms with Crippen LogP contribution in [0, 0.1) is 11.3 Å². The minimum atomic E-state index is -0.0262. The quantitative estimate of drug-likeness (QED) is 0.829. The normalized spacial score (nSPS) is 30.7. The van der Waals surface area contributed by atoms with E-state index in [1.54, 1.807) is 11.3 Å². The van der Waals surface area contributed by atoms with E-state index < -0.39 is 0 Å². The van der Waals surface area contributed by atoms with E-state index in [9.17, 15) is 4.79 Å². The van der Waals surface area contributed by atoms with Crippen LogP contribution in [-0.2, 0) is 4.79 Å². The molecule has 0 radical (unpaired) electrons. The average molecular weight is 248 g/mol. The first-order valence-electron chi connectivity index (χ1n) is 5.96. The van der Waals surface area contributed by atoms with Crippen LogP contribution in [0.25, 0.3) is 0 Å². The molecular formula is C13H16N2OS. The van der Waals surface area contributed by atoms with E-state index in [1.807, 2.05) is 17.5 Å². The van der Waals surface area contributed by atoms with E-state index in [0.717, 1.165) is 17.0 Å². The number of hydrogen-bond donors (Lipinski definition) is 1. The predicted molar refractivity (Wildman–Crippen MR) is 69.3 cm³/mol. The van der Waals surface area contributed by atoms with E-state index in [0.29, 0.717) is 12.2 Å². The monoisotopic (exact) mass is 248 g/mol. The Bertz CT molecular complexity index is 476. The zero-order valence-electron chi connectivity index (χ0n) is 10.1. The van der Waals surface area contributed by atoms with Gasteiger partial charge in [-0.3, -0.25) is 4.79 Å². The molecule has 3 nitrogen and oxygen atoms in total. The first-order chi connectivity index (χ1) is 8.07. The second kappa shape index (κ2) is 3.67. The highest BCUT2D eigenvalue weighted by atomic mass is 32.1. The molecular weight excluding hydrogens is 232 g/mol. The summed E-state index contributed by atoms with van der Waals surface area (Å²) in [5.74, 6) is 0.310. The van der Waals surface area contributed by atoms with E-state index in [4.69, 9.17) is 0 Å². The summed E-state index contributed by atoms with van der Waals surface area (Å²) >= 11 is 1.65. The molecule has 17 heavy (non-hydrogen) atoms. The average Bonchev–Trinajstić information content (AvgIpc) is 2.81. The van der Waals surface area contributed by atoms with Crippen molar-refractivity contribution < 1.29 is 4.79 Å². The maximum absolute atomic E-state index is 12.3. The molecule has 1 aromatic heterocycles. The fraction of sp³-hybridized carbons (Fsp3) is 0.538. The first kappa shape index (κ1) is 11.0. The number of rotatable bonds is 1. The Morgan fingerprint density at radius 2 is 2.35 bits per heavy atom. The summed E-state index contributed by atoms with van der Waals surface area (Å²) in [4.78, 5) is 13.4. The molecule has 1 saturated carbocycles. The van der Waals surface area contributed by atoms with Crippen molar-refractivity contribution in [2.24, 2.45) is 16.4 Å². The Kier molecular flexibility index (Phi) is 2.36. The molecule has 0 bridgehead atoms. The van der Waals surface area contributed by atoms with Crippen molar-refractivity contribution in [1.82, 2.24) is 5.43 Å². The molecule has 90 valence electrons. The number of nitrogens with one attached hydrogen (secondary N) is 1. The number of thiophene rings is 1. The number of hydrazone groups is 1. The zero-order valence-corrected chi connectivity index (χ0v) is 10.9. The summed E-state index contributed by atoms with van der Waals surface area (Å²) in [6.45, 7) is 4.32. The highest BCUT2D eigenvalue weighted by Gasteiger charge is 2.46. The van der Waals surface area contributed by atoms with Gasteiger partial charge in [0.25, 0.3) is 0 Å². The number of fused-ring (bicyclic) bond motifs is 1. The topological polar surface area (TPSA) is 41.5 Å². The van der Waals surface area contributed by atoms with E-state index in [-0.39, 0.29) is 17.4 Å². The Hall–Kier alpha value is -1.16. The summed E-state index contributed by atoms with van der Waals surface area (Å²) in [7, 11) is 0. The number of carbonyl (C=O) groups excluding carboxylic acids is 1. The summed E-state index contributed by atoms with van der Waals surface area (Å²) in [5.41, 5.74) is 4.21. The number of ketones is 1. The van der Waals surface area contributed by atoms with Crippen LogP contribution in [0.5, 0.6) is 0 Å². The van der Waals surface area contributed by atoms with E-state index >= 15 is 0 Å². The Labute approximate surface area is 105 Å². The predicted octanol–water partition coefficient (Wildman–Crippen LogP) is 2.43. The van der Waals surface area contributed by atoms with Crippen LogP contribution in [0.3, 0.4) is 0 Å². The molecule has 0 aromatic carbocycles. The van der Waals surface area contributed by atoms with Crippen molar-refractivity contribution in [2.75, 3.05) is 0 Å². The largest absolute Gasteiger partial charge is 0.306 e. The molecule has 1 N–H and O–H groups in total. The molecule has 0 amide bonds. The minimum Gasteiger partial charge on any atom is -0.306 e. The van der Waals surface area contributed by atoms with Crippen LogP contribution < -0.4 is 5.43 Å². The number of carbonyl (C=O) groups is 1. The highest BCUT2D eigenvalue weighted by molar-refractivity contribution is 7.12. The molecule has 1 aliphatic heterocycles. The molecule has 1 aromatic rings. The van der Waals surface area contributed by atoms with Gasteiger partial charge in [0, 0.05) is 6.42 Å². The standard InChI is InChI=1S/C13H16N2OS/c1-13(2)6-8-11(9(16)7-13)12(15-14-8)10-4-3-5-17-10/h3-5,8,11,14H,6-7H2,1-2H3/t8-,11-/m0/s1. The second-order valence-corrected chi connectivity index (χ2v) is 6.65. The van der Waals surface area contributed by atoms with Gasteiger partial charge in [0.05, 0.1) is 22.5 Å². The number of hydrogen-bond acceptors (Lipinski definition) is 4. The third kappa shape index (κ3) is 1.80. The summed E-state index contributed by atoms with van der Waals surface area (Å²) in [6.07, 6.45) is 1.68. The van der Waals surface area contributed by atoms with Gasteiger partial charge < -0.3 is 5.43 Å². The first-order valence-corrected chi connectivity index (χ1v) is 6.84. The van der Waals surface area contributed by atoms with Gasteiger partial charge in [-0.1, -0.05) is 19.9 Å². The van der Waals surface area contributed by atoms with Crippen molar-refractivity contribution in [3.63, 3.8) is 0 Å². The van der Waals surface area contributed by atoms with Crippen molar-refractivity contribution in [3.05, 3.63) is 22.4 Å². The molecule has 1 aliphatic carbocycles.